The summed E-state index contributed by atoms with van der Waals surface area (Å²) in [7, 11) is 3.41. The molecule has 0 amide bonds. The highest BCUT2D eigenvalue weighted by atomic mass is 16.5. The number of hydrogen-bond acceptors (Lipinski definition) is 10. The van der Waals surface area contributed by atoms with E-state index in [-0.39, 0.29) is 0 Å². The Hall–Kier alpha value is -4.88. The first-order valence-electron chi connectivity index (χ1n) is 16.1. The molecule has 14 nitrogen and oxygen atoms in total. The third-order valence-electron chi connectivity index (χ3n) is 8.15. The first-order chi connectivity index (χ1) is 22.5. The predicted octanol–water partition coefficient (Wildman–Crippen LogP) is 5.69. The predicted molar refractivity (Wildman–Crippen MR) is 176 cm³/mol. The van der Waals surface area contributed by atoms with E-state index in [1.54, 1.807) is 26.9 Å². The minimum absolute atomic E-state index is 0.724. The number of aromatic nitrogens is 6. The number of methoxy groups -OCH3 is 2. The van der Waals surface area contributed by atoms with E-state index >= 15 is 0 Å². The van der Waals surface area contributed by atoms with E-state index < -0.39 is 0 Å². The van der Waals surface area contributed by atoms with E-state index in [4.69, 9.17) is 9.47 Å². The molecule has 0 saturated carbocycles. The lowest BCUT2D eigenvalue weighted by Crippen LogP contribution is -2.37. The van der Waals surface area contributed by atoms with Crippen molar-refractivity contribution >= 4 is 34.6 Å². The van der Waals surface area contributed by atoms with Crippen LogP contribution in [0.4, 0.5) is 34.6 Å². The van der Waals surface area contributed by atoms with Crippen molar-refractivity contribution in [2.24, 2.45) is 20.5 Å². The number of anilines is 2. The summed E-state index contributed by atoms with van der Waals surface area (Å²) in [6, 6.07) is 12.1. The number of azo groups is 2. The number of aryl methyl sites for hydroxylation is 4. The minimum atomic E-state index is 0.724. The van der Waals surface area contributed by atoms with Crippen LogP contribution in [0.3, 0.4) is 0 Å². The van der Waals surface area contributed by atoms with E-state index in [1.165, 1.54) is 0 Å². The smallest absolute Gasteiger partial charge is 0.403 e. The lowest BCUT2D eigenvalue weighted by molar-refractivity contribution is -0.681. The maximum Gasteiger partial charge on any atom is 0.403 e. The molecule has 4 aromatic rings. The standard InChI is InChI=1S/C32H46N12O2/c1-7-39-23-33-43(9-3)31(39)37-35-25-13-15-27(29(21-25)45-5)41-17-11-19-42(20-12-18-41)28-16-14-26(22-30(28)46-6)36-38-32-40(8-2)24-34-44(32)10-4/h13-16,21-24H,7-12,17-20H2,1-6H3/q+2. The molecule has 244 valence electrons. The van der Waals surface area contributed by atoms with Gasteiger partial charge >= 0.3 is 11.9 Å². The molecule has 46 heavy (non-hydrogen) atoms. The number of rotatable bonds is 12. The van der Waals surface area contributed by atoms with Crippen LogP contribution in [0.15, 0.2) is 69.5 Å². The molecule has 0 spiro atoms. The van der Waals surface area contributed by atoms with E-state index in [2.05, 4.69) is 66.4 Å². The molecule has 3 heterocycles. The maximum absolute atomic E-state index is 5.82. The normalized spacial score (nSPS) is 14.3. The van der Waals surface area contributed by atoms with Crippen LogP contribution in [0.25, 0.3) is 0 Å². The van der Waals surface area contributed by atoms with Crippen LogP contribution in [0.5, 0.6) is 11.5 Å². The van der Waals surface area contributed by atoms with Crippen molar-refractivity contribution in [1.29, 1.82) is 0 Å². The Morgan fingerprint density at radius 2 is 1.04 bits per heavy atom. The van der Waals surface area contributed by atoms with E-state index in [1.807, 2.05) is 56.6 Å². The topological polar surface area (TPSA) is 118 Å². The summed E-state index contributed by atoms with van der Waals surface area (Å²) >= 11 is 0. The second-order valence-electron chi connectivity index (χ2n) is 10.9. The van der Waals surface area contributed by atoms with Gasteiger partial charge in [0.15, 0.2) is 0 Å². The van der Waals surface area contributed by atoms with Gasteiger partial charge in [-0.05, 0) is 75.0 Å². The summed E-state index contributed by atoms with van der Waals surface area (Å²) in [4.78, 5) is 4.80. The second kappa shape index (κ2) is 15.4. The van der Waals surface area contributed by atoms with Gasteiger partial charge < -0.3 is 19.3 Å². The summed E-state index contributed by atoms with van der Waals surface area (Å²) in [5.74, 6) is 3.03. The molecule has 0 atom stereocenters. The van der Waals surface area contributed by atoms with Crippen molar-refractivity contribution < 1.29 is 18.6 Å². The van der Waals surface area contributed by atoms with Crippen molar-refractivity contribution in [2.45, 2.75) is 66.7 Å². The van der Waals surface area contributed by atoms with Crippen LogP contribution in [0.1, 0.15) is 40.5 Å². The van der Waals surface area contributed by atoms with Gasteiger partial charge in [0.25, 0.3) is 0 Å². The van der Waals surface area contributed by atoms with Crippen molar-refractivity contribution in [3.8, 4) is 11.5 Å². The number of hydrogen-bond donors (Lipinski definition) is 0. The Morgan fingerprint density at radius 3 is 1.39 bits per heavy atom. The molecule has 14 heteroatoms. The summed E-state index contributed by atoms with van der Waals surface area (Å²) < 4.78 is 19.3. The Labute approximate surface area is 270 Å². The van der Waals surface area contributed by atoms with Gasteiger partial charge in [0.05, 0.1) is 51.8 Å². The van der Waals surface area contributed by atoms with E-state index in [0.29, 0.717) is 0 Å². The highest BCUT2D eigenvalue weighted by molar-refractivity contribution is 5.65. The second-order valence-corrected chi connectivity index (χ2v) is 10.9. The van der Waals surface area contributed by atoms with Gasteiger partial charge in [-0.3, -0.25) is 0 Å². The van der Waals surface area contributed by atoms with E-state index in [0.717, 1.165) is 111 Å². The van der Waals surface area contributed by atoms with Crippen molar-refractivity contribution in [3.63, 3.8) is 0 Å². The average Bonchev–Trinajstić information content (AvgIpc) is 3.69. The third kappa shape index (κ3) is 7.16. The zero-order valence-corrected chi connectivity index (χ0v) is 27.9. The lowest BCUT2D eigenvalue weighted by atomic mass is 10.1. The van der Waals surface area contributed by atoms with Gasteiger partial charge in [0.2, 0.25) is 12.7 Å². The Morgan fingerprint density at radius 1 is 0.630 bits per heavy atom. The molecule has 2 aromatic carbocycles. The fraction of sp³-hybridized carbons (Fsp3) is 0.500. The summed E-state index contributed by atoms with van der Waals surface area (Å²) in [5.41, 5.74) is 3.61. The van der Waals surface area contributed by atoms with Gasteiger partial charge in [-0.2, -0.15) is 0 Å². The Bertz CT molecular complexity index is 1490. The number of ether oxygens (including phenoxy) is 2. The quantitative estimate of drug-likeness (QED) is 0.147. The van der Waals surface area contributed by atoms with Crippen LogP contribution >= 0.6 is 0 Å². The van der Waals surface area contributed by atoms with Gasteiger partial charge in [-0.15, -0.1) is 9.36 Å². The molecule has 0 radical (unpaired) electrons. The SMILES string of the molecule is CCn1nc[n+](CC)c1/N=N/c1ccc(N2CCCN(c3ccc(/N=N/c4n(CC)nc[n+]4CC)cc3OC)CCC2)c(OC)c1. The van der Waals surface area contributed by atoms with Crippen molar-refractivity contribution in [1.82, 2.24) is 19.6 Å². The average molecular weight is 631 g/mol. The summed E-state index contributed by atoms with van der Waals surface area (Å²) in [5, 5.41) is 26.8. The molecular weight excluding hydrogens is 584 g/mol. The van der Waals surface area contributed by atoms with Crippen molar-refractivity contribution in [2.75, 3.05) is 50.2 Å². The Kier molecular flexibility index (Phi) is 10.9. The molecule has 0 unspecified atom stereocenters. The van der Waals surface area contributed by atoms with E-state index in [9.17, 15) is 0 Å². The fourth-order valence-electron chi connectivity index (χ4n) is 5.66. The fourth-order valence-corrected chi connectivity index (χ4v) is 5.66. The zero-order valence-electron chi connectivity index (χ0n) is 27.9. The molecule has 1 saturated heterocycles. The van der Waals surface area contributed by atoms with Gasteiger partial charge in [0.1, 0.15) is 22.9 Å². The lowest BCUT2D eigenvalue weighted by Gasteiger charge is -2.34. The van der Waals surface area contributed by atoms with Crippen LogP contribution < -0.4 is 28.4 Å². The molecule has 1 fully saturated rings. The monoisotopic (exact) mass is 630 g/mol. The number of nitrogens with zero attached hydrogens (tertiary/aromatic N) is 12. The van der Waals surface area contributed by atoms with Gasteiger partial charge in [-0.1, -0.05) is 10.2 Å². The summed E-state index contributed by atoms with van der Waals surface area (Å²) in [6.45, 7) is 14.8. The van der Waals surface area contributed by atoms with Crippen molar-refractivity contribution in [3.05, 3.63) is 49.1 Å². The molecule has 2 aromatic heterocycles. The van der Waals surface area contributed by atoms with Gasteiger partial charge in [0, 0.05) is 48.5 Å². The van der Waals surface area contributed by atoms with Crippen LogP contribution in [0.2, 0.25) is 0 Å². The Balaban J connectivity index is 1.25. The highest BCUT2D eigenvalue weighted by Gasteiger charge is 2.21. The minimum Gasteiger partial charge on any atom is -0.495 e. The molecule has 0 bridgehead atoms. The molecule has 0 aliphatic carbocycles. The third-order valence-corrected chi connectivity index (χ3v) is 8.15. The molecule has 5 rings (SSSR count). The van der Waals surface area contributed by atoms with Crippen LogP contribution in [-0.2, 0) is 26.2 Å². The maximum atomic E-state index is 5.82. The van der Waals surface area contributed by atoms with Crippen LogP contribution in [0, 0.1) is 0 Å². The first-order valence-corrected chi connectivity index (χ1v) is 16.1. The molecular formula is C32H46N12O2+2. The molecule has 1 aliphatic rings. The number of benzene rings is 2. The molecule has 1 aliphatic heterocycles. The van der Waals surface area contributed by atoms with Gasteiger partial charge in [-0.25, -0.2) is 9.13 Å². The zero-order chi connectivity index (χ0) is 32.5. The van der Waals surface area contributed by atoms with Crippen LogP contribution in [-0.4, -0.2) is 60.0 Å². The summed E-state index contributed by atoms with van der Waals surface area (Å²) in [6.07, 6.45) is 5.53. The molecule has 0 N–H and O–H groups in total. The first kappa shape index (κ1) is 32.5. The largest absolute Gasteiger partial charge is 0.495 e. The highest BCUT2D eigenvalue weighted by Crippen LogP contribution is 2.36.